The molecule has 1 fully saturated rings. The van der Waals surface area contributed by atoms with E-state index < -0.39 is 0 Å². The molecule has 0 bridgehead atoms. The molecule has 3 rings (SSSR count). The summed E-state index contributed by atoms with van der Waals surface area (Å²) >= 11 is 4.83. The Hall–Kier alpha value is -1.74. The highest BCUT2D eigenvalue weighted by Crippen LogP contribution is 2.30. The van der Waals surface area contributed by atoms with Crippen LogP contribution < -0.4 is 9.80 Å². The molecule has 1 aliphatic rings. The predicted octanol–water partition coefficient (Wildman–Crippen LogP) is 2.54. The van der Waals surface area contributed by atoms with E-state index in [4.69, 9.17) is 0 Å². The molecule has 0 atom stereocenters. The fourth-order valence-corrected chi connectivity index (χ4v) is 3.30. The maximum atomic E-state index is 11.2. The Bertz CT molecular complexity index is 643. The van der Waals surface area contributed by atoms with Crippen molar-refractivity contribution in [3.05, 3.63) is 38.4 Å². The highest BCUT2D eigenvalue weighted by molar-refractivity contribution is 9.10. The molecule has 0 spiro atoms. The standard InChI is InChI=1S/C12H12BrN5O2S/c13-9-7-10(18(19)20)11(15-8-9)16-2-4-17(5-3-16)12-14-1-6-21-12/h1,6-8H,2-5H2. The summed E-state index contributed by atoms with van der Waals surface area (Å²) < 4.78 is 0.611. The molecule has 110 valence electrons. The minimum absolute atomic E-state index is 0.0343. The minimum atomic E-state index is -0.389. The molecule has 3 heterocycles. The Morgan fingerprint density at radius 2 is 1.95 bits per heavy atom. The van der Waals surface area contributed by atoms with Crippen LogP contribution in [0.5, 0.6) is 0 Å². The van der Waals surface area contributed by atoms with Crippen molar-refractivity contribution in [3.63, 3.8) is 0 Å². The van der Waals surface area contributed by atoms with Crippen molar-refractivity contribution in [2.75, 3.05) is 36.0 Å². The van der Waals surface area contributed by atoms with Crippen molar-refractivity contribution >= 4 is 43.9 Å². The largest absolute Gasteiger partial charge is 0.347 e. The lowest BCUT2D eigenvalue weighted by Crippen LogP contribution is -2.47. The Kier molecular flexibility index (Phi) is 4.02. The fourth-order valence-electron chi connectivity index (χ4n) is 2.28. The first-order valence-corrected chi connectivity index (χ1v) is 8.02. The van der Waals surface area contributed by atoms with Gasteiger partial charge in [-0.3, -0.25) is 10.1 Å². The van der Waals surface area contributed by atoms with E-state index in [1.54, 1.807) is 23.7 Å². The van der Waals surface area contributed by atoms with Gasteiger partial charge < -0.3 is 9.80 Å². The monoisotopic (exact) mass is 369 g/mol. The van der Waals surface area contributed by atoms with E-state index in [1.807, 2.05) is 10.3 Å². The zero-order chi connectivity index (χ0) is 14.8. The van der Waals surface area contributed by atoms with Crippen molar-refractivity contribution < 1.29 is 4.92 Å². The van der Waals surface area contributed by atoms with Crippen molar-refractivity contribution in [1.29, 1.82) is 0 Å². The van der Waals surface area contributed by atoms with Crippen LogP contribution in [0, 0.1) is 10.1 Å². The summed E-state index contributed by atoms with van der Waals surface area (Å²) in [5.41, 5.74) is 0.0343. The lowest BCUT2D eigenvalue weighted by Gasteiger charge is -2.34. The van der Waals surface area contributed by atoms with Gasteiger partial charge in [-0.1, -0.05) is 0 Å². The number of hydrogen-bond acceptors (Lipinski definition) is 7. The Labute approximate surface area is 133 Å². The van der Waals surface area contributed by atoms with E-state index in [1.165, 1.54) is 6.07 Å². The van der Waals surface area contributed by atoms with Gasteiger partial charge in [-0.2, -0.15) is 0 Å². The zero-order valence-corrected chi connectivity index (χ0v) is 13.4. The highest BCUT2D eigenvalue weighted by Gasteiger charge is 2.26. The van der Waals surface area contributed by atoms with Crippen molar-refractivity contribution in [2.24, 2.45) is 0 Å². The van der Waals surface area contributed by atoms with Crippen LogP contribution in [0.25, 0.3) is 0 Å². The number of thiazole rings is 1. The lowest BCUT2D eigenvalue weighted by atomic mass is 10.3. The van der Waals surface area contributed by atoms with Gasteiger partial charge in [0, 0.05) is 54.5 Å². The molecule has 0 aromatic carbocycles. The van der Waals surface area contributed by atoms with Crippen LogP contribution >= 0.6 is 27.3 Å². The second kappa shape index (κ2) is 5.94. The van der Waals surface area contributed by atoms with Crippen molar-refractivity contribution in [1.82, 2.24) is 9.97 Å². The molecule has 0 N–H and O–H groups in total. The van der Waals surface area contributed by atoms with Gasteiger partial charge in [0.1, 0.15) is 0 Å². The van der Waals surface area contributed by atoms with Crippen LogP contribution in [0.4, 0.5) is 16.6 Å². The molecule has 0 aliphatic carbocycles. The number of aromatic nitrogens is 2. The molecule has 0 radical (unpaired) electrons. The molecule has 0 amide bonds. The zero-order valence-electron chi connectivity index (χ0n) is 11.0. The highest BCUT2D eigenvalue weighted by atomic mass is 79.9. The molecule has 9 heteroatoms. The minimum Gasteiger partial charge on any atom is -0.347 e. The topological polar surface area (TPSA) is 75.4 Å². The summed E-state index contributed by atoms with van der Waals surface area (Å²) in [6.07, 6.45) is 3.38. The van der Waals surface area contributed by atoms with Gasteiger partial charge in [-0.05, 0) is 15.9 Å². The van der Waals surface area contributed by atoms with Gasteiger partial charge in [0.05, 0.1) is 4.92 Å². The molecule has 1 aliphatic heterocycles. The van der Waals surface area contributed by atoms with Gasteiger partial charge in [-0.25, -0.2) is 9.97 Å². The van der Waals surface area contributed by atoms with Crippen molar-refractivity contribution in [2.45, 2.75) is 0 Å². The van der Waals surface area contributed by atoms with E-state index in [0.29, 0.717) is 23.4 Å². The summed E-state index contributed by atoms with van der Waals surface area (Å²) in [5.74, 6) is 0.432. The maximum absolute atomic E-state index is 11.2. The Morgan fingerprint density at radius 1 is 1.24 bits per heavy atom. The van der Waals surface area contributed by atoms with E-state index in [2.05, 4.69) is 30.8 Å². The molecule has 1 saturated heterocycles. The molecule has 7 nitrogen and oxygen atoms in total. The van der Waals surface area contributed by atoms with E-state index in [-0.39, 0.29) is 10.6 Å². The van der Waals surface area contributed by atoms with Crippen molar-refractivity contribution in [3.8, 4) is 0 Å². The smallest absolute Gasteiger partial charge is 0.312 e. The molecule has 0 unspecified atom stereocenters. The third-order valence-corrected chi connectivity index (χ3v) is 4.55. The van der Waals surface area contributed by atoms with E-state index in [0.717, 1.165) is 18.2 Å². The molecule has 0 saturated carbocycles. The first kappa shape index (κ1) is 14.2. The second-order valence-corrected chi connectivity index (χ2v) is 6.33. The number of hydrogen-bond donors (Lipinski definition) is 0. The van der Waals surface area contributed by atoms with Crippen LogP contribution in [0.15, 0.2) is 28.3 Å². The molecular weight excluding hydrogens is 358 g/mol. The average molecular weight is 370 g/mol. The van der Waals surface area contributed by atoms with Crippen LogP contribution in [0.3, 0.4) is 0 Å². The van der Waals surface area contributed by atoms with E-state index >= 15 is 0 Å². The fraction of sp³-hybridized carbons (Fsp3) is 0.333. The number of anilines is 2. The first-order valence-electron chi connectivity index (χ1n) is 6.34. The summed E-state index contributed by atoms with van der Waals surface area (Å²) in [6, 6.07) is 1.50. The van der Waals surface area contributed by atoms with Crippen LogP contribution in [-0.4, -0.2) is 41.1 Å². The average Bonchev–Trinajstić information content (AvgIpc) is 3.01. The van der Waals surface area contributed by atoms with Crippen LogP contribution in [0.2, 0.25) is 0 Å². The number of nitrogens with zero attached hydrogens (tertiary/aromatic N) is 5. The Morgan fingerprint density at radius 3 is 2.57 bits per heavy atom. The maximum Gasteiger partial charge on any atom is 0.312 e. The number of pyridine rings is 1. The van der Waals surface area contributed by atoms with Gasteiger partial charge >= 0.3 is 5.69 Å². The van der Waals surface area contributed by atoms with Gasteiger partial charge in [0.25, 0.3) is 0 Å². The first-order chi connectivity index (χ1) is 10.1. The molecule has 2 aromatic heterocycles. The number of nitro groups is 1. The third kappa shape index (κ3) is 2.98. The van der Waals surface area contributed by atoms with Crippen LogP contribution in [-0.2, 0) is 0 Å². The lowest BCUT2D eigenvalue weighted by molar-refractivity contribution is -0.384. The quantitative estimate of drug-likeness (QED) is 0.611. The second-order valence-electron chi connectivity index (χ2n) is 4.54. The normalized spacial score (nSPS) is 15.3. The Balaban J connectivity index is 1.76. The predicted molar refractivity (Wildman–Crippen MR) is 85.1 cm³/mol. The summed E-state index contributed by atoms with van der Waals surface area (Å²) in [7, 11) is 0. The van der Waals surface area contributed by atoms with Gasteiger partial charge in [0.2, 0.25) is 5.82 Å². The SMILES string of the molecule is O=[N+]([O-])c1cc(Br)cnc1N1CCN(c2nccs2)CC1. The molecule has 2 aromatic rings. The van der Waals surface area contributed by atoms with Gasteiger partial charge in [-0.15, -0.1) is 11.3 Å². The number of halogens is 1. The molecule has 21 heavy (non-hydrogen) atoms. The number of piperazine rings is 1. The van der Waals surface area contributed by atoms with Gasteiger partial charge in [0.15, 0.2) is 5.13 Å². The molecular formula is C12H12BrN5O2S. The third-order valence-electron chi connectivity index (χ3n) is 3.28. The summed E-state index contributed by atoms with van der Waals surface area (Å²) in [5, 5.41) is 14.1. The number of rotatable bonds is 3. The summed E-state index contributed by atoms with van der Waals surface area (Å²) in [6.45, 7) is 2.94. The van der Waals surface area contributed by atoms with E-state index in [9.17, 15) is 10.1 Å². The van der Waals surface area contributed by atoms with Crippen LogP contribution in [0.1, 0.15) is 0 Å². The summed E-state index contributed by atoms with van der Waals surface area (Å²) in [4.78, 5) is 23.4.